The van der Waals surface area contributed by atoms with E-state index in [-0.39, 0.29) is 5.75 Å². The van der Waals surface area contributed by atoms with E-state index in [1.54, 1.807) is 7.05 Å². The van der Waals surface area contributed by atoms with Gasteiger partial charge in [-0.15, -0.1) is 0 Å². The molecule has 0 amide bonds. The Morgan fingerprint density at radius 1 is 1.78 bits per heavy atom. The number of rotatable bonds is 0. The van der Waals surface area contributed by atoms with Gasteiger partial charge in [0.25, 0.3) is 0 Å². The molecule has 1 aromatic rings. The molecule has 0 saturated heterocycles. The van der Waals surface area contributed by atoms with Gasteiger partial charge in [0, 0.05) is 7.05 Å². The second-order valence-corrected chi connectivity index (χ2v) is 1.73. The molecule has 9 heavy (non-hydrogen) atoms. The maximum atomic E-state index is 10.4. The molecule has 0 saturated carbocycles. The van der Waals surface area contributed by atoms with Gasteiger partial charge in [-0.3, -0.25) is 4.79 Å². The van der Waals surface area contributed by atoms with Gasteiger partial charge in [-0.2, -0.15) is 4.98 Å². The number of hydrogen-bond donors (Lipinski definition) is 1. The van der Waals surface area contributed by atoms with E-state index in [0.29, 0.717) is 0 Å². The van der Waals surface area contributed by atoms with Crippen LogP contribution in [0.25, 0.3) is 0 Å². The summed E-state index contributed by atoms with van der Waals surface area (Å²) in [5.41, 5.74) is -0.590. The molecule has 0 unspecified atom stereocenters. The van der Waals surface area contributed by atoms with E-state index in [2.05, 4.69) is 4.98 Å². The van der Waals surface area contributed by atoms with Gasteiger partial charge < -0.3 is 9.67 Å². The predicted molar refractivity (Wildman–Crippen MR) is 31.1 cm³/mol. The Labute approximate surface area is 51.4 Å². The summed E-state index contributed by atoms with van der Waals surface area (Å²) in [6.45, 7) is 0. The van der Waals surface area contributed by atoms with Crippen LogP contribution in [0.3, 0.4) is 0 Å². The number of hydrogen-bond acceptors (Lipinski definition) is 3. The molecular formula is C5H6N2O2. The average Bonchev–Trinajstić information content (AvgIpc) is 1.80. The largest absolute Gasteiger partial charge is 0.502 e. The molecule has 0 spiro atoms. The van der Waals surface area contributed by atoms with Crippen molar-refractivity contribution in [2.24, 2.45) is 7.05 Å². The Hall–Kier alpha value is -1.32. The van der Waals surface area contributed by atoms with Crippen LogP contribution in [-0.2, 0) is 7.05 Å². The first-order valence-electron chi connectivity index (χ1n) is 2.41. The summed E-state index contributed by atoms with van der Waals surface area (Å²) >= 11 is 0. The standard InChI is InChI=1S/C5H6N2O2/c1-7-2-4(8)5(9)6-3-7/h2-3,8H,1H3. The minimum atomic E-state index is -0.590. The highest BCUT2D eigenvalue weighted by Gasteiger charge is 1.92. The highest BCUT2D eigenvalue weighted by atomic mass is 16.3. The normalized spacial score (nSPS) is 9.44. The van der Waals surface area contributed by atoms with Crippen LogP contribution in [0.1, 0.15) is 0 Å². The molecule has 0 aliphatic heterocycles. The third-order valence-electron chi connectivity index (χ3n) is 0.902. The number of aromatic nitrogens is 2. The van der Waals surface area contributed by atoms with Gasteiger partial charge in [-0.25, -0.2) is 0 Å². The van der Waals surface area contributed by atoms with Crippen LogP contribution < -0.4 is 5.56 Å². The van der Waals surface area contributed by atoms with Crippen LogP contribution in [0.5, 0.6) is 5.75 Å². The summed E-state index contributed by atoms with van der Waals surface area (Å²) in [6, 6.07) is 0. The molecule has 0 aliphatic rings. The number of aryl methyl sites for hydroxylation is 1. The highest BCUT2D eigenvalue weighted by molar-refractivity contribution is 5.08. The Morgan fingerprint density at radius 3 is 2.89 bits per heavy atom. The van der Waals surface area contributed by atoms with Crippen molar-refractivity contribution in [3.05, 3.63) is 22.9 Å². The number of nitrogens with zero attached hydrogens (tertiary/aromatic N) is 2. The van der Waals surface area contributed by atoms with E-state index < -0.39 is 5.56 Å². The lowest BCUT2D eigenvalue weighted by Crippen LogP contribution is -2.07. The Kier molecular flexibility index (Phi) is 1.22. The SMILES string of the molecule is Cn1cnc(=O)c(O)c1. The van der Waals surface area contributed by atoms with E-state index in [1.165, 1.54) is 17.1 Å². The first-order valence-corrected chi connectivity index (χ1v) is 2.41. The Bertz CT molecular complexity index is 266. The van der Waals surface area contributed by atoms with Crippen LogP contribution >= 0.6 is 0 Å². The van der Waals surface area contributed by atoms with Crippen LogP contribution in [0, 0.1) is 0 Å². The van der Waals surface area contributed by atoms with Gasteiger partial charge >= 0.3 is 5.56 Å². The zero-order chi connectivity index (χ0) is 6.85. The van der Waals surface area contributed by atoms with Crippen LogP contribution in [0.15, 0.2) is 17.3 Å². The summed E-state index contributed by atoms with van der Waals surface area (Å²) in [7, 11) is 1.67. The fraction of sp³-hybridized carbons (Fsp3) is 0.200. The minimum absolute atomic E-state index is 0.319. The molecule has 4 heteroatoms. The van der Waals surface area contributed by atoms with E-state index >= 15 is 0 Å². The maximum absolute atomic E-state index is 10.4. The monoisotopic (exact) mass is 126 g/mol. The maximum Gasteiger partial charge on any atom is 0.314 e. The van der Waals surface area contributed by atoms with Crippen molar-refractivity contribution in [1.29, 1.82) is 0 Å². The molecule has 1 rings (SSSR count). The second kappa shape index (κ2) is 1.89. The smallest absolute Gasteiger partial charge is 0.314 e. The molecule has 0 bridgehead atoms. The summed E-state index contributed by atoms with van der Waals surface area (Å²) in [4.78, 5) is 13.7. The van der Waals surface area contributed by atoms with E-state index in [1.807, 2.05) is 0 Å². The predicted octanol–water partition coefficient (Wildman–Crippen LogP) is -0.514. The van der Waals surface area contributed by atoms with E-state index in [9.17, 15) is 4.79 Å². The molecule has 0 radical (unpaired) electrons. The van der Waals surface area contributed by atoms with Crippen molar-refractivity contribution in [3.8, 4) is 5.75 Å². The summed E-state index contributed by atoms with van der Waals surface area (Å²) < 4.78 is 1.50. The second-order valence-electron chi connectivity index (χ2n) is 1.73. The fourth-order valence-corrected chi connectivity index (χ4v) is 0.491. The van der Waals surface area contributed by atoms with Crippen molar-refractivity contribution in [3.63, 3.8) is 0 Å². The average molecular weight is 126 g/mol. The van der Waals surface area contributed by atoms with E-state index in [4.69, 9.17) is 5.11 Å². The van der Waals surface area contributed by atoms with Crippen molar-refractivity contribution in [2.75, 3.05) is 0 Å². The quantitative estimate of drug-likeness (QED) is 0.509. The summed E-state index contributed by atoms with van der Waals surface area (Å²) in [5.74, 6) is -0.319. The van der Waals surface area contributed by atoms with E-state index in [0.717, 1.165) is 0 Å². The molecule has 0 aliphatic carbocycles. The third-order valence-corrected chi connectivity index (χ3v) is 0.902. The van der Waals surface area contributed by atoms with Gasteiger partial charge in [-0.05, 0) is 0 Å². The van der Waals surface area contributed by atoms with Crippen molar-refractivity contribution >= 4 is 0 Å². The first-order chi connectivity index (χ1) is 4.20. The molecule has 0 fully saturated rings. The first kappa shape index (κ1) is 5.81. The van der Waals surface area contributed by atoms with Crippen LogP contribution in [-0.4, -0.2) is 14.7 Å². The molecule has 4 nitrogen and oxygen atoms in total. The number of aromatic hydroxyl groups is 1. The molecule has 48 valence electrons. The van der Waals surface area contributed by atoms with Crippen molar-refractivity contribution in [1.82, 2.24) is 9.55 Å². The Balaban J connectivity index is 3.34. The van der Waals surface area contributed by atoms with Gasteiger partial charge in [0.1, 0.15) is 0 Å². The minimum Gasteiger partial charge on any atom is -0.502 e. The third kappa shape index (κ3) is 1.07. The molecule has 1 N–H and O–H groups in total. The van der Waals surface area contributed by atoms with Gasteiger partial charge in [0.2, 0.25) is 0 Å². The summed E-state index contributed by atoms with van der Waals surface area (Å²) in [6.07, 6.45) is 2.64. The van der Waals surface area contributed by atoms with Crippen LogP contribution in [0.2, 0.25) is 0 Å². The molecular weight excluding hydrogens is 120 g/mol. The molecule has 1 aromatic heterocycles. The van der Waals surface area contributed by atoms with Crippen LogP contribution in [0.4, 0.5) is 0 Å². The van der Waals surface area contributed by atoms with Crippen molar-refractivity contribution < 1.29 is 5.11 Å². The lowest BCUT2D eigenvalue weighted by atomic mass is 10.6. The summed E-state index contributed by atoms with van der Waals surface area (Å²) in [5, 5.41) is 8.70. The Morgan fingerprint density at radius 2 is 2.44 bits per heavy atom. The lowest BCUT2D eigenvalue weighted by molar-refractivity contribution is 0.458. The zero-order valence-corrected chi connectivity index (χ0v) is 4.90. The topological polar surface area (TPSA) is 55.1 Å². The molecule has 0 atom stereocenters. The molecule has 1 heterocycles. The van der Waals surface area contributed by atoms with Gasteiger partial charge in [0.15, 0.2) is 5.75 Å². The zero-order valence-electron chi connectivity index (χ0n) is 4.90. The van der Waals surface area contributed by atoms with Gasteiger partial charge in [-0.1, -0.05) is 0 Å². The highest BCUT2D eigenvalue weighted by Crippen LogP contribution is 1.92. The van der Waals surface area contributed by atoms with Crippen molar-refractivity contribution in [2.45, 2.75) is 0 Å². The molecule has 0 aromatic carbocycles. The lowest BCUT2D eigenvalue weighted by Gasteiger charge is -1.93. The fourth-order valence-electron chi connectivity index (χ4n) is 0.491. The van der Waals surface area contributed by atoms with Gasteiger partial charge in [0.05, 0.1) is 12.5 Å².